The van der Waals surface area contributed by atoms with Crippen LogP contribution < -0.4 is 11.1 Å². The third kappa shape index (κ3) is 3.37. The fraction of sp³-hybridized carbons (Fsp3) is 0.167. The van der Waals surface area contributed by atoms with Crippen LogP contribution in [0.4, 0.5) is 24.8 Å². The largest absolute Gasteiger partial charge is 0.416 e. The lowest BCUT2D eigenvalue weighted by Gasteiger charge is -2.11. The molecular weight excluding hydrogens is 293 g/mol. The molecule has 20 heavy (non-hydrogen) atoms. The molecule has 0 saturated carbocycles. The summed E-state index contributed by atoms with van der Waals surface area (Å²) >= 11 is 5.86. The van der Waals surface area contributed by atoms with Gasteiger partial charge in [-0.05, 0) is 24.3 Å². The van der Waals surface area contributed by atoms with Gasteiger partial charge in [0.1, 0.15) is 0 Å². The first kappa shape index (κ1) is 14.5. The average molecular weight is 303 g/mol. The number of benzene rings is 1. The highest BCUT2D eigenvalue weighted by Crippen LogP contribution is 2.34. The molecule has 0 fully saturated rings. The molecule has 8 heteroatoms. The molecule has 0 atom stereocenters. The minimum Gasteiger partial charge on any atom is -0.325 e. The van der Waals surface area contributed by atoms with Gasteiger partial charge in [-0.1, -0.05) is 11.6 Å². The van der Waals surface area contributed by atoms with Gasteiger partial charge in [0.15, 0.2) is 0 Å². The number of halogens is 4. The van der Waals surface area contributed by atoms with Crippen LogP contribution in [0.3, 0.4) is 0 Å². The smallest absolute Gasteiger partial charge is 0.325 e. The maximum atomic E-state index is 12.6. The molecule has 0 saturated heterocycles. The van der Waals surface area contributed by atoms with E-state index >= 15 is 0 Å². The molecule has 2 aromatic rings. The molecule has 0 amide bonds. The maximum absolute atomic E-state index is 12.6. The predicted molar refractivity (Wildman–Crippen MR) is 69.7 cm³/mol. The summed E-state index contributed by atoms with van der Waals surface area (Å²) in [5, 5.41) is 2.79. The zero-order chi connectivity index (χ0) is 14.8. The van der Waals surface area contributed by atoms with Crippen molar-refractivity contribution < 1.29 is 13.2 Å². The standard InChI is InChI=1S/C12H10ClF3N4/c13-9-2-1-7(12(14,15)16)5-10(9)20-11-18-4-3-8(6-17)19-11/h1-5H,6,17H2,(H,18,19,20). The Bertz CT molecular complexity index is 616. The SMILES string of the molecule is NCc1ccnc(Nc2cc(C(F)(F)F)ccc2Cl)n1. The fourth-order valence-electron chi connectivity index (χ4n) is 1.49. The Labute approximate surface area is 117 Å². The summed E-state index contributed by atoms with van der Waals surface area (Å²) in [5.41, 5.74) is 5.26. The van der Waals surface area contributed by atoms with Crippen molar-refractivity contribution in [3.63, 3.8) is 0 Å². The zero-order valence-corrected chi connectivity index (χ0v) is 10.8. The summed E-state index contributed by atoms with van der Waals surface area (Å²) in [4.78, 5) is 7.93. The lowest BCUT2D eigenvalue weighted by Crippen LogP contribution is -2.07. The quantitative estimate of drug-likeness (QED) is 0.912. The summed E-state index contributed by atoms with van der Waals surface area (Å²) < 4.78 is 37.9. The van der Waals surface area contributed by atoms with Crippen LogP contribution in [-0.4, -0.2) is 9.97 Å². The van der Waals surface area contributed by atoms with Gasteiger partial charge in [0.25, 0.3) is 0 Å². The summed E-state index contributed by atoms with van der Waals surface area (Å²) in [5.74, 6) is 0.133. The van der Waals surface area contributed by atoms with Gasteiger partial charge in [-0.25, -0.2) is 9.97 Å². The first-order valence-corrected chi connectivity index (χ1v) is 5.93. The molecule has 2 rings (SSSR count). The van der Waals surface area contributed by atoms with Crippen LogP contribution in [0.2, 0.25) is 5.02 Å². The molecule has 106 valence electrons. The van der Waals surface area contributed by atoms with E-state index in [0.29, 0.717) is 5.69 Å². The van der Waals surface area contributed by atoms with E-state index in [4.69, 9.17) is 17.3 Å². The van der Waals surface area contributed by atoms with Crippen molar-refractivity contribution in [1.29, 1.82) is 0 Å². The van der Waals surface area contributed by atoms with Gasteiger partial charge in [-0.2, -0.15) is 13.2 Å². The molecule has 1 aromatic heterocycles. The van der Waals surface area contributed by atoms with E-state index in [0.717, 1.165) is 12.1 Å². The van der Waals surface area contributed by atoms with E-state index < -0.39 is 11.7 Å². The highest BCUT2D eigenvalue weighted by molar-refractivity contribution is 6.33. The number of hydrogen-bond donors (Lipinski definition) is 2. The number of nitrogens with zero attached hydrogens (tertiary/aromatic N) is 2. The van der Waals surface area contributed by atoms with E-state index in [2.05, 4.69) is 15.3 Å². The van der Waals surface area contributed by atoms with Gasteiger partial charge in [-0.15, -0.1) is 0 Å². The topological polar surface area (TPSA) is 63.8 Å². The highest BCUT2D eigenvalue weighted by Gasteiger charge is 2.31. The van der Waals surface area contributed by atoms with E-state index in [1.165, 1.54) is 12.3 Å². The molecule has 1 heterocycles. The third-order valence-electron chi connectivity index (χ3n) is 2.46. The Balaban J connectivity index is 2.32. The Morgan fingerprint density at radius 1 is 1.25 bits per heavy atom. The van der Waals surface area contributed by atoms with E-state index in [-0.39, 0.29) is 23.2 Å². The van der Waals surface area contributed by atoms with Crippen LogP contribution in [-0.2, 0) is 12.7 Å². The molecule has 0 spiro atoms. The fourth-order valence-corrected chi connectivity index (χ4v) is 1.65. The number of hydrogen-bond acceptors (Lipinski definition) is 4. The molecule has 0 aliphatic carbocycles. The van der Waals surface area contributed by atoms with Crippen LogP contribution in [0.15, 0.2) is 30.5 Å². The van der Waals surface area contributed by atoms with Gasteiger partial charge in [0, 0.05) is 12.7 Å². The van der Waals surface area contributed by atoms with Crippen LogP contribution in [0.25, 0.3) is 0 Å². The van der Waals surface area contributed by atoms with Gasteiger partial charge in [-0.3, -0.25) is 0 Å². The van der Waals surface area contributed by atoms with Gasteiger partial charge in [0.05, 0.1) is 22.0 Å². The van der Waals surface area contributed by atoms with Crippen molar-refractivity contribution in [2.75, 3.05) is 5.32 Å². The van der Waals surface area contributed by atoms with Crippen molar-refractivity contribution in [1.82, 2.24) is 9.97 Å². The predicted octanol–water partition coefficient (Wildman–Crippen LogP) is 3.35. The highest BCUT2D eigenvalue weighted by atomic mass is 35.5. The van der Waals surface area contributed by atoms with Crippen molar-refractivity contribution in [3.05, 3.63) is 46.7 Å². The first-order chi connectivity index (χ1) is 9.40. The van der Waals surface area contributed by atoms with Crippen molar-refractivity contribution in [2.45, 2.75) is 12.7 Å². The second kappa shape index (κ2) is 5.64. The number of nitrogens with one attached hydrogen (secondary N) is 1. The Morgan fingerprint density at radius 2 is 2.00 bits per heavy atom. The molecule has 1 aromatic carbocycles. The lowest BCUT2D eigenvalue weighted by atomic mass is 10.2. The van der Waals surface area contributed by atoms with Crippen LogP contribution >= 0.6 is 11.6 Å². The Morgan fingerprint density at radius 3 is 2.65 bits per heavy atom. The Hall–Kier alpha value is -1.86. The molecule has 3 N–H and O–H groups in total. The summed E-state index contributed by atoms with van der Waals surface area (Å²) in [6, 6.07) is 4.59. The number of rotatable bonds is 3. The van der Waals surface area contributed by atoms with E-state index in [9.17, 15) is 13.2 Å². The van der Waals surface area contributed by atoms with Crippen molar-refractivity contribution in [2.24, 2.45) is 5.73 Å². The third-order valence-corrected chi connectivity index (χ3v) is 2.79. The Kier molecular flexibility index (Phi) is 4.10. The minimum absolute atomic E-state index is 0.0793. The van der Waals surface area contributed by atoms with Gasteiger partial charge < -0.3 is 11.1 Å². The van der Waals surface area contributed by atoms with Gasteiger partial charge >= 0.3 is 6.18 Å². The lowest BCUT2D eigenvalue weighted by molar-refractivity contribution is -0.137. The summed E-state index contributed by atoms with van der Waals surface area (Å²) in [6.45, 7) is 0.202. The zero-order valence-electron chi connectivity index (χ0n) is 10.1. The molecule has 4 nitrogen and oxygen atoms in total. The number of alkyl halides is 3. The van der Waals surface area contributed by atoms with Crippen LogP contribution in [0, 0.1) is 0 Å². The second-order valence-corrected chi connectivity index (χ2v) is 4.30. The van der Waals surface area contributed by atoms with Crippen LogP contribution in [0.1, 0.15) is 11.3 Å². The first-order valence-electron chi connectivity index (χ1n) is 5.56. The van der Waals surface area contributed by atoms with Crippen molar-refractivity contribution >= 4 is 23.2 Å². The molecule has 0 aliphatic rings. The molecule has 0 radical (unpaired) electrons. The molecular formula is C12H10ClF3N4. The number of aromatic nitrogens is 2. The average Bonchev–Trinajstić information content (AvgIpc) is 2.40. The normalized spacial score (nSPS) is 11.4. The monoisotopic (exact) mass is 302 g/mol. The maximum Gasteiger partial charge on any atom is 0.416 e. The number of nitrogens with two attached hydrogens (primary N) is 1. The molecule has 0 bridgehead atoms. The molecule has 0 aliphatic heterocycles. The summed E-state index contributed by atoms with van der Waals surface area (Å²) in [7, 11) is 0. The number of anilines is 2. The van der Waals surface area contributed by atoms with Crippen molar-refractivity contribution in [3.8, 4) is 0 Å². The molecule has 0 unspecified atom stereocenters. The summed E-state index contributed by atoms with van der Waals surface area (Å²) in [6.07, 6.45) is -2.99. The van der Waals surface area contributed by atoms with E-state index in [1.807, 2.05) is 0 Å². The minimum atomic E-state index is -4.44. The van der Waals surface area contributed by atoms with E-state index in [1.54, 1.807) is 6.07 Å². The van der Waals surface area contributed by atoms with Gasteiger partial charge in [0.2, 0.25) is 5.95 Å². The van der Waals surface area contributed by atoms with Crippen LogP contribution in [0.5, 0.6) is 0 Å². The second-order valence-electron chi connectivity index (χ2n) is 3.89.